The number of aliphatic hydroxyl groups is 19. The van der Waals surface area contributed by atoms with Crippen molar-refractivity contribution in [2.75, 3.05) is 33.0 Å². The van der Waals surface area contributed by atoms with Crippen molar-refractivity contribution in [2.24, 2.45) is 45.3 Å². The largest absolute Gasteiger partial charge is 0.394 e. The Morgan fingerprint density at radius 2 is 1.00 bits per heavy atom. The fourth-order valence-corrected chi connectivity index (χ4v) is 17.5. The van der Waals surface area contributed by atoms with Crippen molar-refractivity contribution < 1.29 is 144 Å². The van der Waals surface area contributed by atoms with Crippen LogP contribution in [0.2, 0.25) is 0 Å². The second-order valence-electron chi connectivity index (χ2n) is 29.0. The van der Waals surface area contributed by atoms with E-state index < -0.39 is 237 Å². The van der Waals surface area contributed by atoms with E-state index in [4.69, 9.17) is 47.4 Å². The van der Waals surface area contributed by atoms with E-state index in [2.05, 4.69) is 34.6 Å². The van der Waals surface area contributed by atoms with Gasteiger partial charge in [-0.3, -0.25) is 0 Å². The van der Waals surface area contributed by atoms with E-state index in [1.165, 1.54) is 13.8 Å². The molecule has 0 aromatic carbocycles. The van der Waals surface area contributed by atoms with Gasteiger partial charge in [0.2, 0.25) is 0 Å². The Hall–Kier alpha value is -1.16. The lowest BCUT2D eigenvalue weighted by Gasteiger charge is -2.71. The first-order valence-corrected chi connectivity index (χ1v) is 31.3. The first-order chi connectivity index (χ1) is 41.0. The number of hydrogen-bond acceptors (Lipinski definition) is 29. The van der Waals surface area contributed by atoms with Crippen LogP contribution in [0.4, 0.5) is 0 Å². The van der Waals surface area contributed by atoms with Crippen molar-refractivity contribution in [3.8, 4) is 0 Å². The number of ether oxygens (including phenoxy) is 10. The predicted octanol–water partition coefficient (Wildman–Crippen LogP) is -5.57. The van der Waals surface area contributed by atoms with Crippen LogP contribution in [-0.2, 0) is 47.4 Å². The van der Waals surface area contributed by atoms with E-state index in [1.807, 2.05) is 0 Å². The van der Waals surface area contributed by atoms with Gasteiger partial charge in [0.05, 0.1) is 62.5 Å². The van der Waals surface area contributed by atoms with E-state index >= 15 is 0 Å². The van der Waals surface area contributed by atoms with Gasteiger partial charge in [0.25, 0.3) is 0 Å². The van der Waals surface area contributed by atoms with Crippen LogP contribution in [0.5, 0.6) is 0 Å². The minimum Gasteiger partial charge on any atom is -0.394 e. The van der Waals surface area contributed by atoms with Crippen LogP contribution < -0.4 is 0 Å². The molecule has 5 aliphatic heterocycles. The Bertz CT molecular complexity index is 2280. The van der Waals surface area contributed by atoms with E-state index in [-0.39, 0.29) is 31.3 Å². The lowest BCUT2D eigenvalue weighted by atomic mass is 9.35. The maximum Gasteiger partial charge on any atom is 0.187 e. The van der Waals surface area contributed by atoms with Gasteiger partial charge in [0.1, 0.15) is 116 Å². The van der Waals surface area contributed by atoms with Crippen LogP contribution in [0.15, 0.2) is 0 Å². The van der Waals surface area contributed by atoms with Gasteiger partial charge in [0, 0.05) is 0 Å². The molecule has 9 rings (SSSR count). The monoisotopic (exact) mass is 1270 g/mol. The van der Waals surface area contributed by atoms with Gasteiger partial charge in [-0.25, -0.2) is 0 Å². The maximum absolute atomic E-state index is 13.0. The highest BCUT2D eigenvalue weighted by Gasteiger charge is 2.72. The van der Waals surface area contributed by atoms with E-state index in [0.717, 1.165) is 0 Å². The van der Waals surface area contributed by atoms with Gasteiger partial charge >= 0.3 is 0 Å². The SMILES string of the molecule is CC(C)(O)C(O)CC[C@](C)(O[C@@H]1O[C@H](CO[C@@H]2OC[C@@H](O)[C@H](O)[C@H]2O)[C@@H](O)[C@H](O)[C@H]1O)[C@H]1CC[C@]2(C)[C@@H]1[C@H](O)C[C@@H]1[C@@]3(C)CC[C@H](O[C@@H]4O[C@H](CO[C@@H]5O[C@H](CO)[C@@H](O)[C@H](O)[C@H]5O)[C@@H](O)[C@H](O)[C@H]4O[C@@H]4O[C@H](CO)[C@@H](O)[C@H](O)[C@H]4O)C(C)(C)[C@@H]3CC[C@]12C. The average molecular weight is 1280 g/mol. The normalized spacial score (nSPS) is 52.7. The summed E-state index contributed by atoms with van der Waals surface area (Å²) in [6.45, 7) is 12.5. The Morgan fingerprint density at radius 3 is 1.59 bits per heavy atom. The molecular weight excluding hydrogens is 1170 g/mol. The first kappa shape index (κ1) is 71.1. The van der Waals surface area contributed by atoms with Crippen LogP contribution in [-0.4, -0.2) is 307 Å². The zero-order valence-electron chi connectivity index (χ0n) is 51.4. The van der Waals surface area contributed by atoms with E-state index in [0.29, 0.717) is 44.9 Å². The van der Waals surface area contributed by atoms with Gasteiger partial charge in [-0.1, -0.05) is 34.6 Å². The number of rotatable bonds is 19. The third-order valence-corrected chi connectivity index (χ3v) is 23.1. The second-order valence-corrected chi connectivity index (χ2v) is 29.0. The number of hydrogen-bond donors (Lipinski definition) is 19. The van der Waals surface area contributed by atoms with Crippen molar-refractivity contribution in [1.29, 1.82) is 0 Å². The fourth-order valence-electron chi connectivity index (χ4n) is 17.5. The van der Waals surface area contributed by atoms with E-state index in [1.54, 1.807) is 6.92 Å². The van der Waals surface area contributed by atoms with Crippen LogP contribution in [0.25, 0.3) is 0 Å². The molecule has 19 N–H and O–H groups in total. The summed E-state index contributed by atoms with van der Waals surface area (Å²) in [4.78, 5) is 0. The summed E-state index contributed by atoms with van der Waals surface area (Å²) >= 11 is 0. The highest BCUT2D eigenvalue weighted by molar-refractivity contribution is 5.20. The van der Waals surface area contributed by atoms with Crippen LogP contribution in [0, 0.1) is 45.3 Å². The molecule has 0 aromatic heterocycles. The van der Waals surface area contributed by atoms with Crippen LogP contribution >= 0.6 is 0 Å². The van der Waals surface area contributed by atoms with E-state index in [9.17, 15) is 97.0 Å². The molecule has 4 aliphatic carbocycles. The lowest BCUT2D eigenvalue weighted by molar-refractivity contribution is -0.383. The van der Waals surface area contributed by atoms with Gasteiger partial charge < -0.3 is 144 Å². The fraction of sp³-hybridized carbons (Fsp3) is 1.00. The molecule has 1 unspecified atom stereocenters. The molecule has 0 bridgehead atoms. The zero-order chi connectivity index (χ0) is 64.9. The third kappa shape index (κ3) is 12.8. The molecule has 0 aromatic rings. The summed E-state index contributed by atoms with van der Waals surface area (Å²) in [5, 5.41) is 207. The summed E-state index contributed by atoms with van der Waals surface area (Å²) < 4.78 is 60.5. The maximum atomic E-state index is 13.0. The molecule has 9 aliphatic rings. The van der Waals surface area contributed by atoms with Gasteiger partial charge in [-0.05, 0) is 124 Å². The molecule has 88 heavy (non-hydrogen) atoms. The predicted molar refractivity (Wildman–Crippen MR) is 296 cm³/mol. The van der Waals surface area contributed by atoms with Crippen LogP contribution in [0.3, 0.4) is 0 Å². The standard InChI is InChI=1S/C59H102O29/c1-54(2)30-10-15-57(6)31(17-24(62)34-23(9-14-58(34,57)7)59(8,16-11-32(64)55(3,4)78)88-52-47(77)42(72)38(68)28(84-52)21-80-49-44(74)35(65)25(63)20-79-49)56(30,5)13-12-33(54)86-53-48(87-51-46(76)41(71)37(67)27(19-61)83-51)43(73)39(69)29(85-53)22-81-50-45(75)40(70)36(66)26(18-60)82-50/h23-53,60-78H,9-22H2,1-8H3/t23-,24+,25+,26+,27+,28+,29+,30-,31+,32?,33-,34-,35-,36+,37+,38+,39+,40-,41-,42-,43-,44+,45+,46+,47+,48+,49-,50+,51-,52-,53-,56-,57+,58+,59-/m0/s1. The lowest BCUT2D eigenvalue weighted by Crippen LogP contribution is -2.68. The summed E-state index contributed by atoms with van der Waals surface area (Å²) in [6.07, 6.45) is -39.0. The molecule has 512 valence electrons. The molecule has 9 fully saturated rings. The molecule has 35 atom stereocenters. The summed E-state index contributed by atoms with van der Waals surface area (Å²) in [5.74, 6) is -1.12. The number of fused-ring (bicyclic) bond motifs is 5. The topological polar surface area (TPSA) is 477 Å². The molecule has 0 spiro atoms. The summed E-state index contributed by atoms with van der Waals surface area (Å²) in [5.41, 5.74) is -5.07. The molecule has 0 amide bonds. The molecule has 5 heterocycles. The van der Waals surface area contributed by atoms with Gasteiger partial charge in [-0.2, -0.15) is 0 Å². The molecule has 5 saturated heterocycles. The minimum absolute atomic E-state index is 0.00224. The van der Waals surface area contributed by atoms with Crippen molar-refractivity contribution in [1.82, 2.24) is 0 Å². The Labute approximate surface area is 511 Å². The molecule has 29 heteroatoms. The molecule has 0 radical (unpaired) electrons. The molecule has 4 saturated carbocycles. The quantitative estimate of drug-likeness (QED) is 0.0536. The Kier molecular flexibility index (Phi) is 21.7. The third-order valence-electron chi connectivity index (χ3n) is 23.1. The van der Waals surface area contributed by atoms with Gasteiger partial charge in [0.15, 0.2) is 31.5 Å². The van der Waals surface area contributed by atoms with Crippen LogP contribution in [0.1, 0.15) is 113 Å². The molecular formula is C59H102O29. The second kappa shape index (κ2) is 26.8. The van der Waals surface area contributed by atoms with Crippen molar-refractivity contribution >= 4 is 0 Å². The summed E-state index contributed by atoms with van der Waals surface area (Å²) in [6, 6.07) is 0. The highest BCUT2D eigenvalue weighted by Crippen LogP contribution is 2.76. The minimum atomic E-state index is -1.93. The van der Waals surface area contributed by atoms with Crippen molar-refractivity contribution in [3.05, 3.63) is 0 Å². The summed E-state index contributed by atoms with van der Waals surface area (Å²) in [7, 11) is 0. The Balaban J connectivity index is 0.952. The molecule has 29 nitrogen and oxygen atoms in total. The average Bonchev–Trinajstić information content (AvgIpc) is 1.22. The van der Waals surface area contributed by atoms with Crippen molar-refractivity contribution in [2.45, 2.75) is 290 Å². The van der Waals surface area contributed by atoms with Gasteiger partial charge in [-0.15, -0.1) is 0 Å². The Morgan fingerprint density at radius 1 is 0.500 bits per heavy atom. The smallest absolute Gasteiger partial charge is 0.187 e. The zero-order valence-corrected chi connectivity index (χ0v) is 51.4. The number of aliphatic hydroxyl groups excluding tert-OH is 18. The van der Waals surface area contributed by atoms with Crippen molar-refractivity contribution in [3.63, 3.8) is 0 Å². The first-order valence-electron chi connectivity index (χ1n) is 31.3. The highest BCUT2D eigenvalue weighted by atomic mass is 16.8.